The Morgan fingerprint density at radius 2 is 1.95 bits per heavy atom. The molecule has 2 N–H and O–H groups in total. The monoisotopic (exact) mass is 284 g/mol. The van der Waals surface area contributed by atoms with Crippen molar-refractivity contribution in [3.05, 3.63) is 0 Å². The summed E-state index contributed by atoms with van der Waals surface area (Å²) in [5.41, 5.74) is 5.86. The van der Waals surface area contributed by atoms with Gasteiger partial charge in [0.15, 0.2) is 0 Å². The van der Waals surface area contributed by atoms with E-state index < -0.39 is 0 Å². The van der Waals surface area contributed by atoms with Gasteiger partial charge in [0.2, 0.25) is 0 Å². The van der Waals surface area contributed by atoms with E-state index in [1.807, 2.05) is 11.8 Å². The second kappa shape index (κ2) is 7.87. The van der Waals surface area contributed by atoms with Gasteiger partial charge < -0.3 is 15.4 Å². The molecular weight excluding hydrogens is 252 g/mol. The lowest BCUT2D eigenvalue weighted by Gasteiger charge is -2.46. The van der Waals surface area contributed by atoms with Crippen LogP contribution >= 0.6 is 0 Å². The molecule has 0 heterocycles. The van der Waals surface area contributed by atoms with E-state index in [2.05, 4.69) is 20.8 Å². The molecule has 1 aliphatic rings. The van der Waals surface area contributed by atoms with Gasteiger partial charge in [0, 0.05) is 13.1 Å². The minimum absolute atomic E-state index is 0.186. The minimum atomic E-state index is -0.193. The fraction of sp³-hybridized carbons (Fsp3) is 0.938. The van der Waals surface area contributed by atoms with Crippen LogP contribution in [0.15, 0.2) is 0 Å². The van der Waals surface area contributed by atoms with Crippen LogP contribution in [-0.4, -0.2) is 36.2 Å². The summed E-state index contributed by atoms with van der Waals surface area (Å²) in [6.45, 7) is 10.0. The Kier molecular flexibility index (Phi) is 6.80. The van der Waals surface area contributed by atoms with Gasteiger partial charge in [0.1, 0.15) is 0 Å². The van der Waals surface area contributed by atoms with Gasteiger partial charge in [-0.3, -0.25) is 0 Å². The van der Waals surface area contributed by atoms with Gasteiger partial charge in [0.05, 0.1) is 12.1 Å². The van der Waals surface area contributed by atoms with Gasteiger partial charge in [-0.05, 0) is 44.4 Å². The molecule has 0 spiro atoms. The molecule has 0 unspecified atom stereocenters. The number of amides is 1. The zero-order valence-electron chi connectivity index (χ0n) is 13.7. The molecule has 0 aromatic heterocycles. The van der Waals surface area contributed by atoms with Crippen LogP contribution in [0.2, 0.25) is 0 Å². The molecular formula is C16H32N2O2. The normalized spacial score (nSPS) is 26.6. The van der Waals surface area contributed by atoms with Gasteiger partial charge in [-0.1, -0.05) is 27.2 Å². The molecule has 1 fully saturated rings. The van der Waals surface area contributed by atoms with Crippen LogP contribution < -0.4 is 5.73 Å². The van der Waals surface area contributed by atoms with E-state index in [1.54, 1.807) is 0 Å². The molecule has 0 aromatic rings. The van der Waals surface area contributed by atoms with Crippen molar-refractivity contribution in [2.45, 2.75) is 65.3 Å². The van der Waals surface area contributed by atoms with Gasteiger partial charge in [0.25, 0.3) is 0 Å². The Morgan fingerprint density at radius 3 is 2.35 bits per heavy atom. The summed E-state index contributed by atoms with van der Waals surface area (Å²) in [6.07, 6.45) is 5.38. The van der Waals surface area contributed by atoms with E-state index in [0.29, 0.717) is 25.6 Å². The Bertz CT molecular complexity index is 297. The lowest BCUT2D eigenvalue weighted by molar-refractivity contribution is 0.0236. The number of hydrogen-bond donors (Lipinski definition) is 1. The molecule has 0 saturated heterocycles. The van der Waals surface area contributed by atoms with Gasteiger partial charge >= 0.3 is 6.09 Å². The maximum atomic E-state index is 12.3. The van der Waals surface area contributed by atoms with Crippen molar-refractivity contribution in [1.82, 2.24) is 4.90 Å². The summed E-state index contributed by atoms with van der Waals surface area (Å²) in [6, 6.07) is 0. The van der Waals surface area contributed by atoms with E-state index in [9.17, 15) is 4.79 Å². The highest BCUT2D eigenvalue weighted by Crippen LogP contribution is 2.37. The van der Waals surface area contributed by atoms with Crippen molar-refractivity contribution >= 4 is 6.09 Å². The first-order chi connectivity index (χ1) is 9.49. The standard InChI is InChI=1S/C16H32N2O2/c1-5-14-7-9-16(12-17,10-8-14)18(6-2)15(19)20-11-13(3)4/h13-14H,5-12,17H2,1-4H3. The molecule has 118 valence electrons. The first kappa shape index (κ1) is 17.3. The van der Waals surface area contributed by atoms with E-state index in [0.717, 1.165) is 18.8 Å². The van der Waals surface area contributed by atoms with E-state index in [4.69, 9.17) is 10.5 Å². The van der Waals surface area contributed by atoms with E-state index >= 15 is 0 Å². The van der Waals surface area contributed by atoms with Crippen LogP contribution in [0.4, 0.5) is 4.79 Å². The van der Waals surface area contributed by atoms with Gasteiger partial charge in [-0.25, -0.2) is 4.79 Å². The third-order valence-electron chi connectivity index (χ3n) is 4.64. The predicted molar refractivity (Wildman–Crippen MR) is 82.6 cm³/mol. The van der Waals surface area contributed by atoms with Crippen LogP contribution in [0.25, 0.3) is 0 Å². The van der Waals surface area contributed by atoms with Crippen LogP contribution in [0.5, 0.6) is 0 Å². The molecule has 4 nitrogen and oxygen atoms in total. The number of nitrogens with two attached hydrogens (primary N) is 1. The number of nitrogens with zero attached hydrogens (tertiary/aromatic N) is 1. The van der Waals surface area contributed by atoms with Crippen LogP contribution in [-0.2, 0) is 4.74 Å². The Balaban J connectivity index is 2.71. The van der Waals surface area contributed by atoms with Crippen LogP contribution in [0, 0.1) is 11.8 Å². The van der Waals surface area contributed by atoms with Crippen molar-refractivity contribution in [3.8, 4) is 0 Å². The second-order valence-corrected chi connectivity index (χ2v) is 6.50. The van der Waals surface area contributed by atoms with Crippen molar-refractivity contribution < 1.29 is 9.53 Å². The maximum Gasteiger partial charge on any atom is 0.410 e. The summed E-state index contributed by atoms with van der Waals surface area (Å²) in [5, 5.41) is 0. The predicted octanol–water partition coefficient (Wildman–Crippen LogP) is 3.40. The number of likely N-dealkylation sites (N-methyl/N-ethyl adjacent to an activating group) is 1. The molecule has 1 aliphatic carbocycles. The van der Waals surface area contributed by atoms with Crippen molar-refractivity contribution in [3.63, 3.8) is 0 Å². The van der Waals surface area contributed by atoms with E-state index in [1.165, 1.54) is 19.3 Å². The Morgan fingerprint density at radius 1 is 1.35 bits per heavy atom. The highest BCUT2D eigenvalue weighted by Gasteiger charge is 2.41. The van der Waals surface area contributed by atoms with Crippen molar-refractivity contribution in [2.75, 3.05) is 19.7 Å². The quantitative estimate of drug-likeness (QED) is 0.813. The van der Waals surface area contributed by atoms with Gasteiger partial charge in [-0.15, -0.1) is 0 Å². The third kappa shape index (κ3) is 4.11. The first-order valence-corrected chi connectivity index (χ1v) is 8.13. The minimum Gasteiger partial charge on any atom is -0.449 e. The fourth-order valence-electron chi connectivity index (χ4n) is 3.18. The molecule has 0 aliphatic heterocycles. The summed E-state index contributed by atoms with van der Waals surface area (Å²) in [7, 11) is 0. The molecule has 0 aromatic carbocycles. The SMILES string of the molecule is CCC1CCC(CN)(N(CC)C(=O)OCC(C)C)CC1. The molecule has 20 heavy (non-hydrogen) atoms. The average molecular weight is 284 g/mol. The average Bonchev–Trinajstić information content (AvgIpc) is 2.46. The lowest BCUT2D eigenvalue weighted by Crippen LogP contribution is -2.58. The second-order valence-electron chi connectivity index (χ2n) is 6.50. The topological polar surface area (TPSA) is 55.6 Å². The van der Waals surface area contributed by atoms with Crippen molar-refractivity contribution in [2.24, 2.45) is 17.6 Å². The lowest BCUT2D eigenvalue weighted by atomic mass is 9.74. The smallest absolute Gasteiger partial charge is 0.410 e. The van der Waals surface area contributed by atoms with Crippen molar-refractivity contribution in [1.29, 1.82) is 0 Å². The molecule has 1 rings (SSSR count). The molecule has 1 saturated carbocycles. The Labute approximate surface area is 124 Å². The summed E-state index contributed by atoms with van der Waals surface area (Å²) >= 11 is 0. The number of rotatable bonds is 6. The summed E-state index contributed by atoms with van der Waals surface area (Å²) in [4.78, 5) is 14.2. The van der Waals surface area contributed by atoms with Gasteiger partial charge in [-0.2, -0.15) is 0 Å². The zero-order chi connectivity index (χ0) is 15.2. The number of carbonyl (C=O) groups is 1. The first-order valence-electron chi connectivity index (χ1n) is 8.13. The van der Waals surface area contributed by atoms with E-state index in [-0.39, 0.29) is 11.6 Å². The molecule has 1 amide bonds. The highest BCUT2D eigenvalue weighted by atomic mass is 16.6. The van der Waals surface area contributed by atoms with Crippen LogP contribution in [0.3, 0.4) is 0 Å². The molecule has 0 radical (unpaired) electrons. The summed E-state index contributed by atoms with van der Waals surface area (Å²) in [5.74, 6) is 1.15. The largest absolute Gasteiger partial charge is 0.449 e. The summed E-state index contributed by atoms with van der Waals surface area (Å²) < 4.78 is 5.42. The maximum absolute atomic E-state index is 12.3. The third-order valence-corrected chi connectivity index (χ3v) is 4.64. The fourth-order valence-corrected chi connectivity index (χ4v) is 3.18. The number of hydrogen-bond acceptors (Lipinski definition) is 3. The molecule has 0 bridgehead atoms. The number of ether oxygens (including phenoxy) is 1. The van der Waals surface area contributed by atoms with Crippen LogP contribution in [0.1, 0.15) is 59.8 Å². The highest BCUT2D eigenvalue weighted by molar-refractivity contribution is 5.68. The molecule has 0 atom stereocenters. The zero-order valence-corrected chi connectivity index (χ0v) is 13.7. The molecule has 4 heteroatoms. The number of carbonyl (C=O) groups excluding carboxylic acids is 1. The Hall–Kier alpha value is -0.770.